The minimum absolute atomic E-state index is 0.00674. The first kappa shape index (κ1) is 14.5. The number of carbonyl (C=O) groups is 1. The Balaban J connectivity index is 2.32. The van der Waals surface area contributed by atoms with Gasteiger partial charge in [0.25, 0.3) is 0 Å². The van der Waals surface area contributed by atoms with E-state index in [1.807, 2.05) is 4.90 Å². The summed E-state index contributed by atoms with van der Waals surface area (Å²) in [6, 6.07) is -0.00674. The molecule has 4 nitrogen and oxygen atoms in total. The molecule has 0 aliphatic carbocycles. The summed E-state index contributed by atoms with van der Waals surface area (Å²) in [5, 5.41) is 12.2. The van der Waals surface area contributed by atoms with Gasteiger partial charge in [-0.05, 0) is 25.8 Å². The molecule has 1 fully saturated rings. The zero-order valence-electron chi connectivity index (χ0n) is 11.0. The van der Waals surface area contributed by atoms with Crippen LogP contribution >= 0.6 is 0 Å². The largest absolute Gasteiger partial charge is 0.395 e. The minimum atomic E-state index is -0.00674. The van der Waals surface area contributed by atoms with Crippen molar-refractivity contribution in [2.45, 2.75) is 51.5 Å². The summed E-state index contributed by atoms with van der Waals surface area (Å²) in [7, 11) is 0. The molecule has 1 rings (SSSR count). The highest BCUT2D eigenvalue weighted by atomic mass is 16.3. The van der Waals surface area contributed by atoms with Crippen LogP contribution in [-0.4, -0.2) is 48.2 Å². The lowest BCUT2D eigenvalue weighted by molar-refractivity contribution is -0.133. The predicted octanol–water partition coefficient (Wildman–Crippen LogP) is 1.14. The number of nitrogens with zero attached hydrogens (tertiary/aromatic N) is 1. The van der Waals surface area contributed by atoms with Gasteiger partial charge in [0.05, 0.1) is 12.6 Å². The zero-order chi connectivity index (χ0) is 12.5. The van der Waals surface area contributed by atoms with E-state index in [1.165, 1.54) is 19.3 Å². The Hall–Kier alpha value is -0.610. The van der Waals surface area contributed by atoms with E-state index >= 15 is 0 Å². The maximum absolute atomic E-state index is 12.2. The van der Waals surface area contributed by atoms with Crippen molar-refractivity contribution in [1.82, 2.24) is 10.2 Å². The third-order valence-corrected chi connectivity index (χ3v) is 3.32. The summed E-state index contributed by atoms with van der Waals surface area (Å²) < 4.78 is 0. The van der Waals surface area contributed by atoms with Gasteiger partial charge in [-0.3, -0.25) is 4.79 Å². The SMILES string of the molecule is CCCCCCN(CCO)C(=O)C1CCCN1. The molecular weight excluding hydrogens is 216 g/mol. The average molecular weight is 242 g/mol. The van der Waals surface area contributed by atoms with Crippen molar-refractivity contribution >= 4 is 5.91 Å². The predicted molar refractivity (Wildman–Crippen MR) is 68.8 cm³/mol. The molecule has 0 saturated carbocycles. The Morgan fingerprint density at radius 3 is 2.76 bits per heavy atom. The van der Waals surface area contributed by atoms with Crippen molar-refractivity contribution in [3.63, 3.8) is 0 Å². The van der Waals surface area contributed by atoms with E-state index in [0.29, 0.717) is 6.54 Å². The molecule has 1 unspecified atom stereocenters. The summed E-state index contributed by atoms with van der Waals surface area (Å²) in [5.41, 5.74) is 0. The number of carbonyl (C=O) groups excluding carboxylic acids is 1. The Morgan fingerprint density at radius 2 is 2.18 bits per heavy atom. The number of nitrogens with one attached hydrogen (secondary N) is 1. The highest BCUT2D eigenvalue weighted by Gasteiger charge is 2.26. The lowest BCUT2D eigenvalue weighted by Crippen LogP contribution is -2.45. The van der Waals surface area contributed by atoms with Gasteiger partial charge < -0.3 is 15.3 Å². The van der Waals surface area contributed by atoms with E-state index in [-0.39, 0.29) is 18.6 Å². The van der Waals surface area contributed by atoms with Gasteiger partial charge in [-0.1, -0.05) is 26.2 Å². The quantitative estimate of drug-likeness (QED) is 0.628. The molecule has 0 bridgehead atoms. The van der Waals surface area contributed by atoms with Crippen LogP contribution in [0.3, 0.4) is 0 Å². The van der Waals surface area contributed by atoms with Crippen LogP contribution in [0.4, 0.5) is 0 Å². The Morgan fingerprint density at radius 1 is 1.35 bits per heavy atom. The number of aliphatic hydroxyl groups excluding tert-OH is 1. The summed E-state index contributed by atoms with van der Waals surface area (Å²) in [6.07, 6.45) is 6.67. The van der Waals surface area contributed by atoms with Crippen molar-refractivity contribution < 1.29 is 9.90 Å². The molecule has 0 radical (unpaired) electrons. The van der Waals surface area contributed by atoms with Crippen molar-refractivity contribution in [3.05, 3.63) is 0 Å². The van der Waals surface area contributed by atoms with Gasteiger partial charge >= 0.3 is 0 Å². The fourth-order valence-electron chi connectivity index (χ4n) is 2.30. The first-order valence-corrected chi connectivity index (χ1v) is 6.92. The van der Waals surface area contributed by atoms with Crippen LogP contribution in [0.5, 0.6) is 0 Å². The zero-order valence-corrected chi connectivity index (χ0v) is 11.0. The molecule has 1 heterocycles. The highest BCUT2D eigenvalue weighted by molar-refractivity contribution is 5.82. The maximum atomic E-state index is 12.2. The van der Waals surface area contributed by atoms with E-state index < -0.39 is 0 Å². The average Bonchev–Trinajstić information content (AvgIpc) is 2.86. The Bertz CT molecular complexity index is 215. The molecule has 1 amide bonds. The third kappa shape index (κ3) is 5.04. The van der Waals surface area contributed by atoms with Gasteiger partial charge in [-0.25, -0.2) is 0 Å². The molecule has 4 heteroatoms. The lowest BCUT2D eigenvalue weighted by Gasteiger charge is -2.25. The van der Waals surface area contributed by atoms with Crippen LogP contribution < -0.4 is 5.32 Å². The Kier molecular flexibility index (Phi) is 7.21. The van der Waals surface area contributed by atoms with E-state index in [4.69, 9.17) is 5.11 Å². The molecule has 1 aliphatic rings. The van der Waals surface area contributed by atoms with Gasteiger partial charge in [0.15, 0.2) is 0 Å². The fraction of sp³-hybridized carbons (Fsp3) is 0.923. The van der Waals surface area contributed by atoms with Crippen LogP contribution in [0.1, 0.15) is 45.4 Å². The van der Waals surface area contributed by atoms with Crippen LogP contribution in [-0.2, 0) is 4.79 Å². The van der Waals surface area contributed by atoms with E-state index in [9.17, 15) is 4.79 Å². The smallest absolute Gasteiger partial charge is 0.239 e. The van der Waals surface area contributed by atoms with Gasteiger partial charge in [0, 0.05) is 13.1 Å². The van der Waals surface area contributed by atoms with Crippen molar-refractivity contribution in [2.75, 3.05) is 26.2 Å². The second kappa shape index (κ2) is 8.48. The Labute approximate surface area is 104 Å². The summed E-state index contributed by atoms with van der Waals surface area (Å²) in [4.78, 5) is 14.0. The molecule has 17 heavy (non-hydrogen) atoms. The minimum Gasteiger partial charge on any atom is -0.395 e. The van der Waals surface area contributed by atoms with E-state index in [2.05, 4.69) is 12.2 Å². The van der Waals surface area contributed by atoms with Gasteiger partial charge in [-0.2, -0.15) is 0 Å². The molecule has 100 valence electrons. The first-order chi connectivity index (χ1) is 8.29. The molecule has 0 aromatic carbocycles. The monoisotopic (exact) mass is 242 g/mol. The second-order valence-corrected chi connectivity index (χ2v) is 4.76. The number of aliphatic hydroxyl groups is 1. The molecule has 0 aromatic rings. The van der Waals surface area contributed by atoms with Gasteiger partial charge in [-0.15, -0.1) is 0 Å². The van der Waals surface area contributed by atoms with Crippen molar-refractivity contribution in [3.8, 4) is 0 Å². The van der Waals surface area contributed by atoms with Crippen molar-refractivity contribution in [1.29, 1.82) is 0 Å². The van der Waals surface area contributed by atoms with Crippen LogP contribution in [0.25, 0.3) is 0 Å². The number of amides is 1. The lowest BCUT2D eigenvalue weighted by atomic mass is 10.1. The van der Waals surface area contributed by atoms with Crippen LogP contribution in [0.2, 0.25) is 0 Å². The number of unbranched alkanes of at least 4 members (excludes halogenated alkanes) is 3. The number of rotatable bonds is 8. The van der Waals surface area contributed by atoms with Crippen LogP contribution in [0, 0.1) is 0 Å². The first-order valence-electron chi connectivity index (χ1n) is 6.92. The summed E-state index contributed by atoms with van der Waals surface area (Å²) in [5.74, 6) is 0.174. The highest BCUT2D eigenvalue weighted by Crippen LogP contribution is 2.10. The molecule has 1 saturated heterocycles. The molecule has 1 atom stereocenters. The number of hydrogen-bond acceptors (Lipinski definition) is 3. The van der Waals surface area contributed by atoms with Gasteiger partial charge in [0.2, 0.25) is 5.91 Å². The molecule has 2 N–H and O–H groups in total. The second-order valence-electron chi connectivity index (χ2n) is 4.76. The van der Waals surface area contributed by atoms with Crippen LogP contribution in [0.15, 0.2) is 0 Å². The van der Waals surface area contributed by atoms with E-state index in [0.717, 1.165) is 32.4 Å². The summed E-state index contributed by atoms with van der Waals surface area (Å²) in [6.45, 7) is 4.45. The topological polar surface area (TPSA) is 52.6 Å². The molecule has 0 spiro atoms. The van der Waals surface area contributed by atoms with E-state index in [1.54, 1.807) is 0 Å². The maximum Gasteiger partial charge on any atom is 0.239 e. The number of hydrogen-bond donors (Lipinski definition) is 2. The normalized spacial score (nSPS) is 19.5. The molecular formula is C13H26N2O2. The van der Waals surface area contributed by atoms with Gasteiger partial charge in [0.1, 0.15) is 0 Å². The molecule has 0 aromatic heterocycles. The third-order valence-electron chi connectivity index (χ3n) is 3.32. The molecule has 1 aliphatic heterocycles. The fourth-order valence-corrected chi connectivity index (χ4v) is 2.30. The van der Waals surface area contributed by atoms with Crippen molar-refractivity contribution in [2.24, 2.45) is 0 Å². The standard InChI is InChI=1S/C13H26N2O2/c1-2-3-4-5-9-15(10-11-16)13(17)12-7-6-8-14-12/h12,14,16H,2-11H2,1H3. The summed E-state index contributed by atoms with van der Waals surface area (Å²) >= 11 is 0.